The van der Waals surface area contributed by atoms with E-state index in [-0.39, 0.29) is 5.92 Å². The lowest BCUT2D eigenvalue weighted by Crippen LogP contribution is -2.30. The van der Waals surface area contributed by atoms with E-state index in [1.54, 1.807) is 0 Å². The summed E-state index contributed by atoms with van der Waals surface area (Å²) in [5.74, 6) is 0.251. The van der Waals surface area contributed by atoms with E-state index in [1.807, 2.05) is 24.3 Å². The fourth-order valence-electron chi connectivity index (χ4n) is 3.24. The Morgan fingerprint density at radius 3 is 2.05 bits per heavy atom. The number of benzene rings is 2. The minimum absolute atomic E-state index is 0.251. The van der Waals surface area contributed by atoms with Gasteiger partial charge in [-0.3, -0.25) is 0 Å². The van der Waals surface area contributed by atoms with Crippen LogP contribution < -0.4 is 0 Å². The summed E-state index contributed by atoms with van der Waals surface area (Å²) in [5.41, 5.74) is 4.51. The lowest BCUT2D eigenvalue weighted by molar-refractivity contribution is 0.464. The average Bonchev–Trinajstić information content (AvgIpc) is 3.31. The normalized spacial score (nSPS) is 16.5. The van der Waals surface area contributed by atoms with Gasteiger partial charge in [0.1, 0.15) is 5.41 Å². The molecule has 1 nitrogen and oxygen atoms in total. The number of hydrogen-bond acceptors (Lipinski definition) is 1. The Morgan fingerprint density at radius 1 is 0.952 bits per heavy atom. The second kappa shape index (κ2) is 5.22. The fraction of sp³-hybridized carbons (Fsp3) is 0.250. The maximum absolute atomic E-state index is 9.99. The first-order valence-electron chi connectivity index (χ1n) is 7.45. The van der Waals surface area contributed by atoms with E-state index in [0.717, 1.165) is 12.0 Å². The molecule has 0 fully saturated rings. The molecule has 0 amide bonds. The van der Waals surface area contributed by atoms with Crippen molar-refractivity contribution in [3.63, 3.8) is 0 Å². The van der Waals surface area contributed by atoms with Crippen LogP contribution in [-0.4, -0.2) is 0 Å². The maximum Gasteiger partial charge on any atom is 0.106 e. The number of nitrogens with zero attached hydrogens (tertiary/aromatic N) is 1. The van der Waals surface area contributed by atoms with Crippen LogP contribution in [-0.2, 0) is 5.41 Å². The van der Waals surface area contributed by atoms with Gasteiger partial charge in [0, 0.05) is 0 Å². The lowest BCUT2D eigenvalue weighted by Gasteiger charge is -2.29. The molecule has 1 aliphatic carbocycles. The van der Waals surface area contributed by atoms with Crippen LogP contribution in [0, 0.1) is 17.2 Å². The molecule has 1 aliphatic rings. The van der Waals surface area contributed by atoms with Crippen LogP contribution in [0.4, 0.5) is 0 Å². The van der Waals surface area contributed by atoms with E-state index in [9.17, 15) is 5.26 Å². The number of rotatable bonds is 4. The predicted molar refractivity (Wildman–Crippen MR) is 86.6 cm³/mol. The van der Waals surface area contributed by atoms with Crippen molar-refractivity contribution in [2.24, 2.45) is 5.92 Å². The predicted octanol–water partition coefficient (Wildman–Crippen LogP) is 4.96. The molecule has 0 spiro atoms. The third kappa shape index (κ3) is 2.17. The SMILES string of the molecule is CC(C)C(C#N)(C1=C(c2ccccc2)C1)c1ccccc1. The number of nitriles is 1. The molecule has 0 heterocycles. The van der Waals surface area contributed by atoms with E-state index in [4.69, 9.17) is 0 Å². The van der Waals surface area contributed by atoms with Gasteiger partial charge in [0.2, 0.25) is 0 Å². The second-order valence-corrected chi connectivity index (χ2v) is 5.94. The van der Waals surface area contributed by atoms with Gasteiger partial charge in [-0.05, 0) is 34.6 Å². The van der Waals surface area contributed by atoms with Gasteiger partial charge in [-0.2, -0.15) is 5.26 Å². The summed E-state index contributed by atoms with van der Waals surface area (Å²) in [6.07, 6.45) is 0.949. The van der Waals surface area contributed by atoms with Crippen molar-refractivity contribution in [2.45, 2.75) is 25.7 Å². The van der Waals surface area contributed by atoms with Crippen LogP contribution in [0.5, 0.6) is 0 Å². The van der Waals surface area contributed by atoms with Gasteiger partial charge in [0.15, 0.2) is 0 Å². The third-order valence-corrected chi connectivity index (χ3v) is 4.46. The minimum Gasteiger partial charge on any atom is -0.197 e. The van der Waals surface area contributed by atoms with Crippen molar-refractivity contribution in [3.05, 3.63) is 77.4 Å². The first-order valence-corrected chi connectivity index (χ1v) is 7.45. The summed E-state index contributed by atoms with van der Waals surface area (Å²) in [6, 6.07) is 23.3. The molecule has 1 heteroatoms. The Bertz CT molecular complexity index is 705. The summed E-state index contributed by atoms with van der Waals surface area (Å²) in [6.45, 7) is 4.29. The number of hydrogen-bond donors (Lipinski definition) is 0. The van der Waals surface area contributed by atoms with E-state index >= 15 is 0 Å². The Balaban J connectivity index is 2.12. The molecular weight excluding hydrogens is 254 g/mol. The zero-order valence-corrected chi connectivity index (χ0v) is 12.5. The van der Waals surface area contributed by atoms with Gasteiger partial charge in [0.05, 0.1) is 6.07 Å². The van der Waals surface area contributed by atoms with Crippen molar-refractivity contribution in [1.82, 2.24) is 0 Å². The number of allylic oxidation sites excluding steroid dienone is 2. The van der Waals surface area contributed by atoms with Crippen molar-refractivity contribution < 1.29 is 0 Å². The van der Waals surface area contributed by atoms with Gasteiger partial charge in [-0.25, -0.2) is 0 Å². The van der Waals surface area contributed by atoms with Crippen molar-refractivity contribution in [3.8, 4) is 6.07 Å². The van der Waals surface area contributed by atoms with Crippen molar-refractivity contribution in [1.29, 1.82) is 5.26 Å². The standard InChI is InChI=1S/C20H19N/c1-15(2)20(14-21,17-11-7-4-8-12-17)19-13-18(19)16-9-5-3-6-10-16/h3-12,15H,13H2,1-2H3. The fourth-order valence-corrected chi connectivity index (χ4v) is 3.24. The molecule has 0 saturated heterocycles. The summed E-state index contributed by atoms with van der Waals surface area (Å²) >= 11 is 0. The van der Waals surface area contributed by atoms with E-state index in [0.29, 0.717) is 0 Å². The first kappa shape index (κ1) is 13.6. The molecule has 0 aliphatic heterocycles. The highest BCUT2D eigenvalue weighted by atomic mass is 14.5. The van der Waals surface area contributed by atoms with Gasteiger partial charge >= 0.3 is 0 Å². The molecule has 2 aromatic carbocycles. The third-order valence-electron chi connectivity index (χ3n) is 4.46. The maximum atomic E-state index is 9.99. The Hall–Kier alpha value is -2.33. The van der Waals surface area contributed by atoms with Crippen LogP contribution in [0.15, 0.2) is 66.2 Å². The Labute approximate surface area is 126 Å². The van der Waals surface area contributed by atoms with E-state index in [1.165, 1.54) is 16.7 Å². The Kier molecular flexibility index (Phi) is 3.39. The van der Waals surface area contributed by atoms with Crippen LogP contribution in [0.2, 0.25) is 0 Å². The molecule has 0 N–H and O–H groups in total. The zero-order valence-electron chi connectivity index (χ0n) is 12.5. The first-order chi connectivity index (χ1) is 10.2. The molecule has 2 aromatic rings. The summed E-state index contributed by atoms with van der Waals surface area (Å²) in [4.78, 5) is 0. The summed E-state index contributed by atoms with van der Waals surface area (Å²) in [5, 5.41) is 9.99. The molecule has 0 saturated carbocycles. The molecule has 0 radical (unpaired) electrons. The molecule has 1 atom stereocenters. The molecule has 104 valence electrons. The second-order valence-electron chi connectivity index (χ2n) is 5.94. The van der Waals surface area contributed by atoms with Crippen molar-refractivity contribution in [2.75, 3.05) is 0 Å². The van der Waals surface area contributed by atoms with Gasteiger partial charge in [-0.1, -0.05) is 74.5 Å². The highest BCUT2D eigenvalue weighted by Crippen LogP contribution is 2.54. The highest BCUT2D eigenvalue weighted by Gasteiger charge is 2.47. The van der Waals surface area contributed by atoms with Crippen LogP contribution >= 0.6 is 0 Å². The largest absolute Gasteiger partial charge is 0.197 e. The van der Waals surface area contributed by atoms with Crippen LogP contribution in [0.25, 0.3) is 5.57 Å². The van der Waals surface area contributed by atoms with E-state index in [2.05, 4.69) is 56.3 Å². The van der Waals surface area contributed by atoms with E-state index < -0.39 is 5.41 Å². The van der Waals surface area contributed by atoms with Crippen LogP contribution in [0.1, 0.15) is 31.4 Å². The molecule has 0 bridgehead atoms. The summed E-state index contributed by atoms with van der Waals surface area (Å²) < 4.78 is 0. The zero-order chi connectivity index (χ0) is 14.9. The van der Waals surface area contributed by atoms with Gasteiger partial charge in [-0.15, -0.1) is 0 Å². The van der Waals surface area contributed by atoms with Crippen LogP contribution in [0.3, 0.4) is 0 Å². The molecule has 0 aromatic heterocycles. The Morgan fingerprint density at radius 2 is 1.52 bits per heavy atom. The molecule has 21 heavy (non-hydrogen) atoms. The van der Waals surface area contributed by atoms with Crippen molar-refractivity contribution >= 4 is 5.57 Å². The topological polar surface area (TPSA) is 23.8 Å². The molecular formula is C20H19N. The quantitative estimate of drug-likeness (QED) is 0.772. The smallest absolute Gasteiger partial charge is 0.106 e. The molecule has 3 rings (SSSR count). The minimum atomic E-state index is -0.494. The average molecular weight is 273 g/mol. The monoisotopic (exact) mass is 273 g/mol. The van der Waals surface area contributed by atoms with Gasteiger partial charge in [0.25, 0.3) is 0 Å². The van der Waals surface area contributed by atoms with Gasteiger partial charge < -0.3 is 0 Å². The summed E-state index contributed by atoms with van der Waals surface area (Å²) in [7, 11) is 0. The highest BCUT2D eigenvalue weighted by molar-refractivity contribution is 5.86. The lowest BCUT2D eigenvalue weighted by atomic mass is 9.70. The molecule has 1 unspecified atom stereocenters.